The summed E-state index contributed by atoms with van der Waals surface area (Å²) < 4.78 is 0. The van der Waals surface area contributed by atoms with Crippen molar-refractivity contribution in [3.05, 3.63) is 0 Å². The van der Waals surface area contributed by atoms with E-state index in [1.54, 1.807) is 20.9 Å². The predicted molar refractivity (Wildman–Crippen MR) is 60.4 cm³/mol. The minimum Gasteiger partial charge on any atom is -0.389 e. The van der Waals surface area contributed by atoms with Crippen LogP contribution in [0.4, 0.5) is 0 Å². The van der Waals surface area contributed by atoms with Crippen LogP contribution in [0.15, 0.2) is 0 Å². The van der Waals surface area contributed by atoms with Gasteiger partial charge in [-0.05, 0) is 32.6 Å². The van der Waals surface area contributed by atoms with Gasteiger partial charge in [-0.15, -0.1) is 0 Å². The van der Waals surface area contributed by atoms with E-state index in [9.17, 15) is 9.90 Å². The minimum absolute atomic E-state index is 0.157. The van der Waals surface area contributed by atoms with Gasteiger partial charge >= 0.3 is 0 Å². The number of carbonyl (C=O) groups is 1. The first kappa shape index (κ1) is 13.0. The molecule has 0 saturated heterocycles. The third-order valence-electron chi connectivity index (χ3n) is 2.99. The number of aliphatic hydroxyl groups is 1. The number of hydrogen-bond acceptors (Lipinski definition) is 3. The molecule has 1 aliphatic carbocycles. The SMILES string of the molecule is CC1CC(C#N)(C(=O)N(C)CC(C)(C)O)C1. The highest BCUT2D eigenvalue weighted by molar-refractivity contribution is 5.86. The molecule has 1 aliphatic rings. The Bertz CT molecular complexity index is 319. The van der Waals surface area contributed by atoms with Crippen LogP contribution in [0.25, 0.3) is 0 Å². The molecule has 0 bridgehead atoms. The zero-order chi connectivity index (χ0) is 12.6. The van der Waals surface area contributed by atoms with Gasteiger partial charge in [0.15, 0.2) is 0 Å². The van der Waals surface area contributed by atoms with E-state index in [1.807, 2.05) is 6.92 Å². The van der Waals surface area contributed by atoms with E-state index in [1.165, 1.54) is 4.90 Å². The maximum atomic E-state index is 12.1. The molecule has 0 unspecified atom stereocenters. The van der Waals surface area contributed by atoms with Crippen molar-refractivity contribution in [1.29, 1.82) is 5.26 Å². The lowest BCUT2D eigenvalue weighted by Gasteiger charge is -2.42. The zero-order valence-corrected chi connectivity index (χ0v) is 10.4. The number of hydrogen-bond donors (Lipinski definition) is 1. The lowest BCUT2D eigenvalue weighted by molar-refractivity contribution is -0.146. The van der Waals surface area contributed by atoms with Gasteiger partial charge in [-0.25, -0.2) is 0 Å². The Morgan fingerprint density at radius 3 is 2.44 bits per heavy atom. The van der Waals surface area contributed by atoms with Crippen molar-refractivity contribution < 1.29 is 9.90 Å². The summed E-state index contributed by atoms with van der Waals surface area (Å²) in [4.78, 5) is 13.6. The quantitative estimate of drug-likeness (QED) is 0.782. The monoisotopic (exact) mass is 224 g/mol. The van der Waals surface area contributed by atoms with Gasteiger partial charge in [0.05, 0.1) is 11.7 Å². The number of carbonyl (C=O) groups excluding carboxylic acids is 1. The Balaban J connectivity index is 2.68. The molecule has 4 heteroatoms. The van der Waals surface area contributed by atoms with Gasteiger partial charge in [0.2, 0.25) is 5.91 Å². The molecule has 0 aromatic heterocycles. The summed E-state index contributed by atoms with van der Waals surface area (Å²) in [6, 6.07) is 2.14. The molecule has 90 valence electrons. The van der Waals surface area contributed by atoms with Crippen molar-refractivity contribution in [1.82, 2.24) is 4.90 Å². The molecule has 16 heavy (non-hydrogen) atoms. The molecule has 1 fully saturated rings. The molecule has 1 amide bonds. The van der Waals surface area contributed by atoms with Gasteiger partial charge in [0, 0.05) is 13.6 Å². The van der Waals surface area contributed by atoms with Gasteiger partial charge in [-0.3, -0.25) is 4.79 Å². The molecule has 0 spiro atoms. The first-order valence-electron chi connectivity index (χ1n) is 5.59. The number of amides is 1. The summed E-state index contributed by atoms with van der Waals surface area (Å²) >= 11 is 0. The average Bonchev–Trinajstić information content (AvgIpc) is 2.08. The van der Waals surface area contributed by atoms with Gasteiger partial charge in [-0.1, -0.05) is 6.92 Å². The van der Waals surface area contributed by atoms with Crippen LogP contribution in [0, 0.1) is 22.7 Å². The molecular weight excluding hydrogens is 204 g/mol. The maximum absolute atomic E-state index is 12.1. The Morgan fingerprint density at radius 2 is 2.12 bits per heavy atom. The van der Waals surface area contributed by atoms with E-state index in [-0.39, 0.29) is 12.5 Å². The molecule has 1 rings (SSSR count). The van der Waals surface area contributed by atoms with Crippen molar-refractivity contribution in [3.8, 4) is 6.07 Å². The normalized spacial score (nSPS) is 29.1. The van der Waals surface area contributed by atoms with E-state index >= 15 is 0 Å². The van der Waals surface area contributed by atoms with Crippen LogP contribution < -0.4 is 0 Å². The van der Waals surface area contributed by atoms with Crippen molar-refractivity contribution in [2.24, 2.45) is 11.3 Å². The van der Waals surface area contributed by atoms with E-state index in [0.29, 0.717) is 18.8 Å². The summed E-state index contributed by atoms with van der Waals surface area (Å²) in [6.07, 6.45) is 1.27. The molecule has 0 aromatic rings. The Morgan fingerprint density at radius 1 is 1.62 bits per heavy atom. The summed E-state index contributed by atoms with van der Waals surface area (Å²) in [6.45, 7) is 5.60. The van der Waals surface area contributed by atoms with Crippen LogP contribution >= 0.6 is 0 Å². The summed E-state index contributed by atoms with van der Waals surface area (Å²) in [5.74, 6) is 0.286. The van der Waals surface area contributed by atoms with Crippen LogP contribution in [-0.4, -0.2) is 35.1 Å². The molecular formula is C12H20N2O2. The van der Waals surface area contributed by atoms with Crippen molar-refractivity contribution in [2.75, 3.05) is 13.6 Å². The second kappa shape index (κ2) is 4.06. The van der Waals surface area contributed by atoms with Gasteiger partial charge in [0.1, 0.15) is 5.41 Å². The fourth-order valence-corrected chi connectivity index (χ4v) is 2.46. The number of nitriles is 1. The van der Waals surface area contributed by atoms with Crippen LogP contribution in [0.5, 0.6) is 0 Å². The van der Waals surface area contributed by atoms with Crippen LogP contribution in [0.2, 0.25) is 0 Å². The zero-order valence-electron chi connectivity index (χ0n) is 10.4. The molecule has 4 nitrogen and oxygen atoms in total. The highest BCUT2D eigenvalue weighted by atomic mass is 16.3. The lowest BCUT2D eigenvalue weighted by atomic mass is 9.63. The molecule has 0 heterocycles. The standard InChI is InChI=1S/C12H20N2O2/c1-9-5-12(6-9,7-13)10(15)14(4)8-11(2,3)16/h9,16H,5-6,8H2,1-4H3. The van der Waals surface area contributed by atoms with Crippen molar-refractivity contribution in [3.63, 3.8) is 0 Å². The van der Waals surface area contributed by atoms with Crippen LogP contribution in [0.3, 0.4) is 0 Å². The van der Waals surface area contributed by atoms with E-state index in [4.69, 9.17) is 5.26 Å². The predicted octanol–water partition coefficient (Wildman–Crippen LogP) is 1.16. The highest BCUT2D eigenvalue weighted by Gasteiger charge is 2.50. The lowest BCUT2D eigenvalue weighted by Crippen LogP contribution is -2.51. The first-order valence-corrected chi connectivity index (χ1v) is 5.59. The topological polar surface area (TPSA) is 64.3 Å². The Labute approximate surface area is 96.9 Å². The van der Waals surface area contributed by atoms with Crippen LogP contribution in [0.1, 0.15) is 33.6 Å². The molecule has 0 aromatic carbocycles. The summed E-state index contributed by atoms with van der Waals surface area (Å²) in [7, 11) is 1.64. The smallest absolute Gasteiger partial charge is 0.242 e. The Hall–Kier alpha value is -1.08. The number of rotatable bonds is 3. The van der Waals surface area contributed by atoms with E-state index < -0.39 is 11.0 Å². The van der Waals surface area contributed by atoms with Crippen LogP contribution in [-0.2, 0) is 4.79 Å². The fourth-order valence-electron chi connectivity index (χ4n) is 2.46. The van der Waals surface area contributed by atoms with Gasteiger partial charge < -0.3 is 10.0 Å². The fraction of sp³-hybridized carbons (Fsp3) is 0.833. The first-order chi connectivity index (χ1) is 7.20. The third kappa shape index (κ3) is 2.53. The number of nitrogens with zero attached hydrogens (tertiary/aromatic N) is 2. The van der Waals surface area contributed by atoms with E-state index in [0.717, 1.165) is 0 Å². The highest BCUT2D eigenvalue weighted by Crippen LogP contribution is 2.46. The molecule has 0 radical (unpaired) electrons. The van der Waals surface area contributed by atoms with Gasteiger partial charge in [-0.2, -0.15) is 5.26 Å². The van der Waals surface area contributed by atoms with Gasteiger partial charge in [0.25, 0.3) is 0 Å². The van der Waals surface area contributed by atoms with Crippen molar-refractivity contribution >= 4 is 5.91 Å². The molecule has 0 atom stereocenters. The third-order valence-corrected chi connectivity index (χ3v) is 2.99. The molecule has 1 saturated carbocycles. The van der Waals surface area contributed by atoms with Crippen molar-refractivity contribution in [2.45, 2.75) is 39.2 Å². The van der Waals surface area contributed by atoms with E-state index in [2.05, 4.69) is 6.07 Å². The Kier molecular flexibility index (Phi) is 3.30. The molecule has 1 N–H and O–H groups in total. The summed E-state index contributed by atoms with van der Waals surface area (Å²) in [5.41, 5.74) is -1.75. The summed E-state index contributed by atoms with van der Waals surface area (Å²) in [5, 5.41) is 18.8. The number of likely N-dealkylation sites (N-methyl/N-ethyl adjacent to an activating group) is 1. The second-order valence-electron chi connectivity index (χ2n) is 5.68. The molecule has 0 aliphatic heterocycles. The second-order valence-corrected chi connectivity index (χ2v) is 5.68. The largest absolute Gasteiger partial charge is 0.389 e. The average molecular weight is 224 g/mol. The maximum Gasteiger partial charge on any atom is 0.242 e. The minimum atomic E-state index is -0.920.